The Bertz CT molecular complexity index is 1720. The van der Waals surface area contributed by atoms with Crippen LogP contribution in [0.5, 0.6) is 11.5 Å². The minimum absolute atomic E-state index is 0.252. The Morgan fingerprint density at radius 1 is 1.21 bits per heavy atom. The molecule has 17 nitrogen and oxygen atoms in total. The van der Waals surface area contributed by atoms with E-state index >= 15 is 8.78 Å². The molecule has 0 spiro atoms. The molecule has 0 aliphatic carbocycles. The smallest absolute Gasteiger partial charge is 0.413 e. The molecule has 4 rings (SSSR count). The lowest BCUT2D eigenvalue weighted by atomic mass is 10.1. The molecular weight excluding hydrogens is 655 g/mol. The first-order valence-electron chi connectivity index (χ1n) is 14.0. The number of aliphatic hydroxyl groups excluding tert-OH is 1. The molecule has 20 heteroatoms. The molecule has 1 aliphatic rings. The summed E-state index contributed by atoms with van der Waals surface area (Å²) in [6, 6.07) is 4.75. The Balaban J connectivity index is 1.38. The van der Waals surface area contributed by atoms with Crippen molar-refractivity contribution in [2.24, 2.45) is 5.92 Å². The summed E-state index contributed by atoms with van der Waals surface area (Å²) in [4.78, 5) is 50.7. The molecule has 1 fully saturated rings. The van der Waals surface area contributed by atoms with Crippen molar-refractivity contribution in [3.05, 3.63) is 46.7 Å². The summed E-state index contributed by atoms with van der Waals surface area (Å²) < 4.78 is 74.2. The Morgan fingerprint density at radius 3 is 2.55 bits per heavy atom. The van der Waals surface area contributed by atoms with Gasteiger partial charge in [-0.2, -0.15) is 13.8 Å². The zero-order valence-electron chi connectivity index (χ0n) is 25.8. The molecule has 1 aromatic carbocycles. The topological polar surface area (TPSA) is 222 Å². The summed E-state index contributed by atoms with van der Waals surface area (Å²) in [6.45, 7) is 1.85. The second-order valence-electron chi connectivity index (χ2n) is 10.6. The van der Waals surface area contributed by atoms with Crippen LogP contribution in [0.4, 0.5) is 19.4 Å². The third-order valence-corrected chi connectivity index (χ3v) is 8.12. The number of ether oxygens (including phenoxy) is 4. The van der Waals surface area contributed by atoms with Crippen molar-refractivity contribution < 1.29 is 60.8 Å². The highest BCUT2D eigenvalue weighted by Gasteiger charge is 2.60. The van der Waals surface area contributed by atoms with E-state index in [1.165, 1.54) is 21.3 Å². The van der Waals surface area contributed by atoms with Gasteiger partial charge in [0.15, 0.2) is 24.0 Å². The number of halogens is 2. The van der Waals surface area contributed by atoms with E-state index in [0.29, 0.717) is 27.0 Å². The highest BCUT2D eigenvalue weighted by atomic mass is 31.2. The van der Waals surface area contributed by atoms with Gasteiger partial charge in [-0.15, -0.1) is 0 Å². The zero-order valence-corrected chi connectivity index (χ0v) is 26.7. The number of methoxy groups -OCH3 is 2. The number of likely N-dealkylation sites (N-methyl/N-ethyl adjacent to an activating group) is 1. The number of aliphatic hydroxyl groups is 1. The monoisotopic (exact) mass is 689 g/mol. The van der Waals surface area contributed by atoms with E-state index in [2.05, 4.69) is 20.7 Å². The highest BCUT2D eigenvalue weighted by molar-refractivity contribution is 7.50. The van der Waals surface area contributed by atoms with E-state index in [1.807, 2.05) is 0 Å². The van der Waals surface area contributed by atoms with Gasteiger partial charge < -0.3 is 38.7 Å². The normalized spacial score (nSPS) is 20.9. The molecule has 5 atom stereocenters. The fourth-order valence-electron chi connectivity index (χ4n) is 4.59. The summed E-state index contributed by atoms with van der Waals surface area (Å²) >= 11 is 0. The number of nitrogens with zero attached hydrogens (tertiary/aromatic N) is 2. The molecule has 47 heavy (non-hydrogen) atoms. The van der Waals surface area contributed by atoms with E-state index in [4.69, 9.17) is 27.9 Å². The van der Waals surface area contributed by atoms with Gasteiger partial charge in [0.2, 0.25) is 12.1 Å². The molecule has 3 aromatic rings. The quantitative estimate of drug-likeness (QED) is 0.162. The lowest BCUT2D eigenvalue weighted by Crippen LogP contribution is -2.45. The summed E-state index contributed by atoms with van der Waals surface area (Å²) in [6.07, 6.45) is -7.03. The first-order chi connectivity index (χ1) is 22.1. The predicted molar refractivity (Wildman–Crippen MR) is 158 cm³/mol. The summed E-state index contributed by atoms with van der Waals surface area (Å²) in [5, 5.41) is 17.5. The van der Waals surface area contributed by atoms with Crippen molar-refractivity contribution in [3.8, 4) is 11.5 Å². The molecular formula is C27H34F2N5O12P. The van der Waals surface area contributed by atoms with Gasteiger partial charge in [-0.25, -0.2) is 19.2 Å². The van der Waals surface area contributed by atoms with Crippen molar-refractivity contribution in [2.75, 3.05) is 33.2 Å². The standard InChI is InChI=1S/C27H34F2N5O12P/c1-13(2)20(23(36)30-3)33-47(39,40)44-12-18-22(35)27(28,29)24(46-18)34-7-6-19(31-25(34)37)32-26(38)43-11-16-9-14-8-15(41-4)10-17(42-5)21(14)45-16/h6-10,13,18,20,22,24,35H,11-12H2,1-5H3,(H,30,36)(H2,33,39,40)(H,31,32,37,38)/t18-,20+,22-,24-/m1/s1. The van der Waals surface area contributed by atoms with Gasteiger partial charge >= 0.3 is 25.5 Å². The second-order valence-corrected chi connectivity index (χ2v) is 12.1. The van der Waals surface area contributed by atoms with Gasteiger partial charge in [0, 0.05) is 24.7 Å². The average molecular weight is 690 g/mol. The minimum atomic E-state index is -4.75. The van der Waals surface area contributed by atoms with Gasteiger partial charge in [-0.3, -0.25) is 19.2 Å². The number of furan rings is 1. The van der Waals surface area contributed by atoms with Gasteiger partial charge in [-0.05, 0) is 24.1 Å². The molecule has 0 bridgehead atoms. The number of anilines is 1. The minimum Gasteiger partial charge on any atom is -0.497 e. The molecule has 2 aromatic heterocycles. The summed E-state index contributed by atoms with van der Waals surface area (Å²) in [5.74, 6) is -4.34. The van der Waals surface area contributed by atoms with E-state index in [9.17, 15) is 28.9 Å². The Labute approximate surface area is 265 Å². The van der Waals surface area contributed by atoms with Crippen LogP contribution in [0.1, 0.15) is 25.8 Å². The Kier molecular flexibility index (Phi) is 10.9. The number of benzene rings is 1. The molecule has 3 heterocycles. The van der Waals surface area contributed by atoms with Crippen LogP contribution in [0.3, 0.4) is 0 Å². The van der Waals surface area contributed by atoms with Crippen LogP contribution in [0, 0.1) is 5.92 Å². The van der Waals surface area contributed by atoms with Crippen LogP contribution < -0.4 is 30.9 Å². The number of hydrogen-bond donors (Lipinski definition) is 5. The van der Waals surface area contributed by atoms with Crippen molar-refractivity contribution >= 4 is 36.5 Å². The largest absolute Gasteiger partial charge is 0.497 e. The average Bonchev–Trinajstić information content (AvgIpc) is 3.54. The number of rotatable bonds is 13. The van der Waals surface area contributed by atoms with Crippen molar-refractivity contribution in [2.45, 2.75) is 50.9 Å². The third-order valence-electron chi connectivity index (χ3n) is 7.01. The number of fused-ring (bicyclic) bond motifs is 1. The van der Waals surface area contributed by atoms with Crippen molar-refractivity contribution in [3.63, 3.8) is 0 Å². The van der Waals surface area contributed by atoms with Crippen LogP contribution in [0.15, 0.2) is 39.7 Å². The third kappa shape index (κ3) is 8.06. The number of aromatic nitrogens is 2. The predicted octanol–water partition coefficient (Wildman–Crippen LogP) is 2.13. The first-order valence-corrected chi connectivity index (χ1v) is 15.5. The Hall–Kier alpha value is -4.13. The van der Waals surface area contributed by atoms with E-state index < -0.39 is 68.4 Å². The summed E-state index contributed by atoms with van der Waals surface area (Å²) in [5.41, 5.74) is -0.898. The van der Waals surface area contributed by atoms with E-state index in [1.54, 1.807) is 32.0 Å². The maximum absolute atomic E-state index is 15.0. The van der Waals surface area contributed by atoms with Crippen LogP contribution in [-0.2, 0) is 30.0 Å². The highest BCUT2D eigenvalue weighted by Crippen LogP contribution is 2.45. The second kappa shape index (κ2) is 14.3. The van der Waals surface area contributed by atoms with Gasteiger partial charge in [0.1, 0.15) is 23.4 Å². The lowest BCUT2D eigenvalue weighted by Gasteiger charge is -2.24. The fourth-order valence-corrected chi connectivity index (χ4v) is 5.78. The molecule has 1 saturated heterocycles. The number of amides is 2. The van der Waals surface area contributed by atoms with Crippen molar-refractivity contribution in [1.29, 1.82) is 0 Å². The lowest BCUT2D eigenvalue weighted by molar-refractivity contribution is -0.140. The zero-order chi connectivity index (χ0) is 34.7. The van der Waals surface area contributed by atoms with Crippen molar-refractivity contribution in [1.82, 2.24) is 20.0 Å². The maximum atomic E-state index is 15.0. The van der Waals surface area contributed by atoms with E-state index in [-0.39, 0.29) is 18.2 Å². The number of alkyl halides is 2. The molecule has 258 valence electrons. The molecule has 5 N–H and O–H groups in total. The number of carbonyl (C=O) groups is 2. The first kappa shape index (κ1) is 35.7. The van der Waals surface area contributed by atoms with Crippen LogP contribution in [-0.4, -0.2) is 83.6 Å². The molecule has 0 radical (unpaired) electrons. The van der Waals surface area contributed by atoms with Gasteiger partial charge in [-0.1, -0.05) is 13.8 Å². The van der Waals surface area contributed by atoms with Crippen LogP contribution in [0.2, 0.25) is 0 Å². The van der Waals surface area contributed by atoms with Gasteiger partial charge in [0.25, 0.3) is 0 Å². The maximum Gasteiger partial charge on any atom is 0.413 e. The summed E-state index contributed by atoms with van der Waals surface area (Å²) in [7, 11) is -0.496. The number of nitrogens with one attached hydrogen (secondary N) is 3. The Morgan fingerprint density at radius 2 is 1.94 bits per heavy atom. The molecule has 0 saturated carbocycles. The fraction of sp³-hybridized carbons (Fsp3) is 0.481. The number of hydrogen-bond acceptors (Lipinski definition) is 12. The van der Waals surface area contributed by atoms with Gasteiger partial charge in [0.05, 0.1) is 26.9 Å². The van der Waals surface area contributed by atoms with Crippen LogP contribution >= 0.6 is 7.75 Å². The van der Waals surface area contributed by atoms with Crippen LogP contribution in [0.25, 0.3) is 11.0 Å². The molecule has 1 unspecified atom stereocenters. The number of carbonyl (C=O) groups excluding carboxylic acids is 2. The SMILES string of the molecule is CNC(=O)[C@@H](NP(=O)(O)OC[C@H]1O[C@@H](n2ccc(NC(=O)OCc3cc4cc(OC)cc(OC)c4o3)nc2=O)C(F)(F)[C@@H]1O)C(C)C. The molecule has 2 amide bonds. The molecule has 1 aliphatic heterocycles. The van der Waals surface area contributed by atoms with E-state index in [0.717, 1.165) is 12.3 Å².